The van der Waals surface area contributed by atoms with Crippen LogP contribution in [-0.4, -0.2) is 35.4 Å². The maximum atomic E-state index is 12.0. The van der Waals surface area contributed by atoms with Gasteiger partial charge in [-0.1, -0.05) is 12.8 Å². The fraction of sp³-hybridized carbons (Fsp3) is 0.769. The molecule has 0 atom stereocenters. The molecule has 0 aromatic carbocycles. The summed E-state index contributed by atoms with van der Waals surface area (Å²) < 4.78 is 0. The smallest absolute Gasteiger partial charge is 0.223 e. The fourth-order valence-corrected chi connectivity index (χ4v) is 3.20. The van der Waals surface area contributed by atoms with Crippen molar-refractivity contribution in [2.24, 2.45) is 5.92 Å². The number of nitrogens with zero attached hydrogens (tertiary/aromatic N) is 1. The van der Waals surface area contributed by atoms with Gasteiger partial charge in [-0.25, -0.2) is 0 Å². The lowest BCUT2D eigenvalue weighted by molar-refractivity contribution is -0.131. The average Bonchev–Trinajstić information content (AvgIpc) is 2.30. The van der Waals surface area contributed by atoms with Crippen LogP contribution in [0.1, 0.15) is 32.6 Å². The molecule has 16 heavy (non-hydrogen) atoms. The van der Waals surface area contributed by atoms with E-state index >= 15 is 0 Å². The first-order valence-electron chi connectivity index (χ1n) is 6.07. The summed E-state index contributed by atoms with van der Waals surface area (Å²) in [6, 6.07) is 0. The summed E-state index contributed by atoms with van der Waals surface area (Å²) in [6.07, 6.45) is 9.33. The molecule has 1 aliphatic rings. The van der Waals surface area contributed by atoms with Gasteiger partial charge in [0.25, 0.3) is 0 Å². The fourth-order valence-electron chi connectivity index (χ4n) is 2.00. The number of rotatable bonds is 5. The van der Waals surface area contributed by atoms with Gasteiger partial charge in [0, 0.05) is 13.0 Å². The molecule has 1 rings (SSSR count). The number of carbonyl (C=O) groups is 1. The quantitative estimate of drug-likeness (QED) is 0.687. The van der Waals surface area contributed by atoms with Crippen molar-refractivity contribution in [1.82, 2.24) is 4.90 Å². The van der Waals surface area contributed by atoms with Gasteiger partial charge in [0.15, 0.2) is 0 Å². The SMILES string of the molecule is C#CCN(CCC)C(=O)CC1CCSCC1. The van der Waals surface area contributed by atoms with Crippen molar-refractivity contribution in [1.29, 1.82) is 0 Å². The summed E-state index contributed by atoms with van der Waals surface area (Å²) in [5.41, 5.74) is 0. The Labute approximate surface area is 103 Å². The van der Waals surface area contributed by atoms with E-state index in [1.54, 1.807) is 0 Å². The summed E-state index contributed by atoms with van der Waals surface area (Å²) >= 11 is 2.00. The van der Waals surface area contributed by atoms with E-state index in [1.807, 2.05) is 16.7 Å². The zero-order chi connectivity index (χ0) is 11.8. The van der Waals surface area contributed by atoms with E-state index < -0.39 is 0 Å². The van der Waals surface area contributed by atoms with E-state index in [1.165, 1.54) is 24.3 Å². The minimum Gasteiger partial charge on any atom is -0.332 e. The zero-order valence-electron chi connectivity index (χ0n) is 10.1. The lowest BCUT2D eigenvalue weighted by atomic mass is 9.98. The molecule has 0 bridgehead atoms. The molecule has 1 amide bonds. The van der Waals surface area contributed by atoms with Crippen LogP contribution in [-0.2, 0) is 4.79 Å². The lowest BCUT2D eigenvalue weighted by Crippen LogP contribution is -2.33. The summed E-state index contributed by atoms with van der Waals surface area (Å²) in [5.74, 6) is 5.83. The van der Waals surface area contributed by atoms with E-state index in [0.717, 1.165) is 13.0 Å². The van der Waals surface area contributed by atoms with Crippen molar-refractivity contribution in [3.8, 4) is 12.3 Å². The number of carbonyl (C=O) groups excluding carboxylic acids is 1. The Balaban J connectivity index is 2.38. The van der Waals surface area contributed by atoms with Crippen molar-refractivity contribution in [3.05, 3.63) is 0 Å². The predicted molar refractivity (Wildman–Crippen MR) is 70.4 cm³/mol. The molecule has 90 valence electrons. The van der Waals surface area contributed by atoms with Crippen molar-refractivity contribution < 1.29 is 4.79 Å². The summed E-state index contributed by atoms with van der Waals surface area (Å²) in [4.78, 5) is 13.8. The monoisotopic (exact) mass is 239 g/mol. The Morgan fingerprint density at radius 1 is 1.50 bits per heavy atom. The minimum absolute atomic E-state index is 0.247. The van der Waals surface area contributed by atoms with Crippen LogP contribution in [0.25, 0.3) is 0 Å². The number of terminal acetylenes is 1. The van der Waals surface area contributed by atoms with E-state index in [-0.39, 0.29) is 5.91 Å². The molecule has 1 saturated heterocycles. The highest BCUT2D eigenvalue weighted by atomic mass is 32.2. The first kappa shape index (κ1) is 13.4. The van der Waals surface area contributed by atoms with E-state index in [2.05, 4.69) is 12.8 Å². The normalized spacial score (nSPS) is 16.8. The van der Waals surface area contributed by atoms with Gasteiger partial charge in [-0.15, -0.1) is 6.42 Å². The van der Waals surface area contributed by atoms with Crippen LogP contribution in [0.15, 0.2) is 0 Å². The third kappa shape index (κ3) is 4.49. The number of amides is 1. The third-order valence-electron chi connectivity index (χ3n) is 2.93. The Hall–Kier alpha value is -0.620. The first-order chi connectivity index (χ1) is 7.77. The van der Waals surface area contributed by atoms with Crippen LogP contribution in [0.3, 0.4) is 0 Å². The van der Waals surface area contributed by atoms with Crippen LogP contribution in [0.2, 0.25) is 0 Å². The highest BCUT2D eigenvalue weighted by Crippen LogP contribution is 2.25. The van der Waals surface area contributed by atoms with Gasteiger partial charge in [-0.3, -0.25) is 4.79 Å². The molecule has 0 aromatic rings. The van der Waals surface area contributed by atoms with Crippen LogP contribution >= 0.6 is 11.8 Å². The summed E-state index contributed by atoms with van der Waals surface area (Å²) in [7, 11) is 0. The minimum atomic E-state index is 0.247. The van der Waals surface area contributed by atoms with Crippen LogP contribution < -0.4 is 0 Å². The molecule has 1 aliphatic heterocycles. The Kier molecular flexibility index (Phi) is 6.40. The molecular weight excluding hydrogens is 218 g/mol. The van der Waals surface area contributed by atoms with Crippen molar-refractivity contribution in [2.75, 3.05) is 24.6 Å². The molecule has 0 N–H and O–H groups in total. The van der Waals surface area contributed by atoms with Crippen molar-refractivity contribution in [3.63, 3.8) is 0 Å². The molecule has 1 fully saturated rings. The Bertz CT molecular complexity index is 253. The van der Waals surface area contributed by atoms with Gasteiger partial charge in [0.05, 0.1) is 6.54 Å². The molecule has 1 heterocycles. The Morgan fingerprint density at radius 3 is 2.75 bits per heavy atom. The van der Waals surface area contributed by atoms with Crippen LogP contribution in [0.4, 0.5) is 0 Å². The molecular formula is C13H21NOS. The van der Waals surface area contributed by atoms with E-state index in [0.29, 0.717) is 18.9 Å². The zero-order valence-corrected chi connectivity index (χ0v) is 10.9. The second kappa shape index (κ2) is 7.62. The van der Waals surface area contributed by atoms with Crippen LogP contribution in [0, 0.1) is 18.3 Å². The van der Waals surface area contributed by atoms with Crippen molar-refractivity contribution >= 4 is 17.7 Å². The molecule has 0 aromatic heterocycles. The lowest BCUT2D eigenvalue weighted by Gasteiger charge is -2.25. The second-order valence-electron chi connectivity index (χ2n) is 4.28. The highest BCUT2D eigenvalue weighted by Gasteiger charge is 2.20. The standard InChI is InChI=1S/C13H21NOS/c1-3-7-14(8-4-2)13(15)11-12-5-9-16-10-6-12/h1,12H,4-11H2,2H3. The molecule has 0 spiro atoms. The third-order valence-corrected chi connectivity index (χ3v) is 3.98. The molecule has 0 aliphatic carbocycles. The predicted octanol–water partition coefficient (Wildman–Crippen LogP) is 2.39. The summed E-state index contributed by atoms with van der Waals surface area (Å²) in [5, 5.41) is 0. The van der Waals surface area contributed by atoms with Gasteiger partial charge >= 0.3 is 0 Å². The number of thioether (sulfide) groups is 1. The molecule has 3 heteroatoms. The molecule has 0 radical (unpaired) electrons. The van der Waals surface area contributed by atoms with Gasteiger partial charge in [0.1, 0.15) is 0 Å². The van der Waals surface area contributed by atoms with Crippen molar-refractivity contribution in [2.45, 2.75) is 32.6 Å². The number of hydrogen-bond acceptors (Lipinski definition) is 2. The van der Waals surface area contributed by atoms with Gasteiger partial charge < -0.3 is 4.90 Å². The maximum absolute atomic E-state index is 12.0. The molecule has 2 nitrogen and oxygen atoms in total. The number of hydrogen-bond donors (Lipinski definition) is 0. The van der Waals surface area contributed by atoms with Gasteiger partial charge in [-0.2, -0.15) is 11.8 Å². The Morgan fingerprint density at radius 2 is 2.19 bits per heavy atom. The molecule has 0 saturated carbocycles. The van der Waals surface area contributed by atoms with E-state index in [9.17, 15) is 4.79 Å². The van der Waals surface area contributed by atoms with Crippen LogP contribution in [0.5, 0.6) is 0 Å². The first-order valence-corrected chi connectivity index (χ1v) is 7.22. The van der Waals surface area contributed by atoms with E-state index in [4.69, 9.17) is 6.42 Å². The van der Waals surface area contributed by atoms with Gasteiger partial charge in [-0.05, 0) is 36.7 Å². The largest absolute Gasteiger partial charge is 0.332 e. The highest BCUT2D eigenvalue weighted by molar-refractivity contribution is 7.99. The average molecular weight is 239 g/mol. The summed E-state index contributed by atoms with van der Waals surface area (Å²) in [6.45, 7) is 3.34. The topological polar surface area (TPSA) is 20.3 Å². The second-order valence-corrected chi connectivity index (χ2v) is 5.50. The maximum Gasteiger partial charge on any atom is 0.223 e. The van der Waals surface area contributed by atoms with Gasteiger partial charge in [0.2, 0.25) is 5.91 Å². The molecule has 0 unspecified atom stereocenters.